The quantitative estimate of drug-likeness (QED) is 0.750. The summed E-state index contributed by atoms with van der Waals surface area (Å²) in [4.78, 5) is 12.2. The molecule has 0 spiro atoms. The second-order valence-corrected chi connectivity index (χ2v) is 5.17. The molecule has 2 N–H and O–H groups in total. The van der Waals surface area contributed by atoms with Gasteiger partial charge in [0.25, 0.3) is 5.91 Å². The minimum absolute atomic E-state index is 0.244. The molecule has 2 aromatic carbocycles. The zero-order valence-electron chi connectivity index (χ0n) is 10.2. The number of nitrogens with zero attached hydrogens (tertiary/aromatic N) is 1. The number of nitrogens with one attached hydrogen (secondary N) is 2. The zero-order chi connectivity index (χ0) is 14.1. The Labute approximate surface area is 122 Å². The van der Waals surface area contributed by atoms with Crippen LogP contribution in [0.2, 0.25) is 0 Å². The number of benzene rings is 2. The number of para-hydroxylation sites is 1. The summed E-state index contributed by atoms with van der Waals surface area (Å²) in [5, 5.41) is 10.4. The minimum Gasteiger partial charge on any atom is -0.320 e. The first-order valence-corrected chi connectivity index (χ1v) is 6.62. The Morgan fingerprint density at radius 2 is 2.15 bits per heavy atom. The first-order chi connectivity index (χ1) is 9.63. The van der Waals surface area contributed by atoms with Crippen molar-refractivity contribution in [2.45, 2.75) is 0 Å². The van der Waals surface area contributed by atoms with E-state index in [4.69, 9.17) is 0 Å². The van der Waals surface area contributed by atoms with Crippen molar-refractivity contribution in [2.24, 2.45) is 0 Å². The van der Waals surface area contributed by atoms with Crippen molar-refractivity contribution in [1.29, 1.82) is 0 Å². The number of hydrogen-bond donors (Lipinski definition) is 2. The predicted octanol–water partition coefficient (Wildman–Crippen LogP) is 3.72. The molecule has 0 saturated carbocycles. The van der Waals surface area contributed by atoms with E-state index in [2.05, 4.69) is 31.4 Å². The van der Waals surface area contributed by atoms with E-state index in [1.807, 2.05) is 12.1 Å². The Kier molecular flexibility index (Phi) is 3.23. The lowest BCUT2D eigenvalue weighted by atomic mass is 10.2. The molecule has 1 aromatic heterocycles. The number of hydrogen-bond acceptors (Lipinski definition) is 2. The molecule has 6 heteroatoms. The van der Waals surface area contributed by atoms with E-state index in [1.54, 1.807) is 18.3 Å². The third-order valence-corrected chi connectivity index (χ3v) is 3.31. The molecule has 0 fully saturated rings. The smallest absolute Gasteiger partial charge is 0.255 e. The maximum atomic E-state index is 13.3. The molecule has 100 valence electrons. The Balaban J connectivity index is 1.94. The summed E-state index contributed by atoms with van der Waals surface area (Å²) in [6.07, 6.45) is 1.67. The summed E-state index contributed by atoms with van der Waals surface area (Å²) in [7, 11) is 0. The number of halogens is 2. The van der Waals surface area contributed by atoms with Gasteiger partial charge in [0.15, 0.2) is 0 Å². The molecule has 0 aliphatic heterocycles. The van der Waals surface area contributed by atoms with Crippen LogP contribution < -0.4 is 5.32 Å². The maximum absolute atomic E-state index is 13.3. The van der Waals surface area contributed by atoms with Crippen molar-refractivity contribution in [3.05, 3.63) is 58.4 Å². The highest BCUT2D eigenvalue weighted by atomic mass is 79.9. The van der Waals surface area contributed by atoms with Crippen LogP contribution in [0.3, 0.4) is 0 Å². The van der Waals surface area contributed by atoms with Crippen LogP contribution in [0.15, 0.2) is 47.1 Å². The Morgan fingerprint density at radius 1 is 1.30 bits per heavy atom. The molecule has 1 amide bonds. The van der Waals surface area contributed by atoms with Gasteiger partial charge in [-0.3, -0.25) is 9.89 Å². The van der Waals surface area contributed by atoms with Gasteiger partial charge in [0, 0.05) is 15.4 Å². The molecule has 0 saturated heterocycles. The number of rotatable bonds is 2. The Bertz CT molecular complexity index is 780. The van der Waals surface area contributed by atoms with E-state index in [9.17, 15) is 9.18 Å². The zero-order valence-corrected chi connectivity index (χ0v) is 11.7. The van der Waals surface area contributed by atoms with Gasteiger partial charge in [0.1, 0.15) is 5.82 Å². The third-order valence-electron chi connectivity index (χ3n) is 2.85. The molecule has 0 aliphatic rings. The van der Waals surface area contributed by atoms with Crippen molar-refractivity contribution >= 4 is 38.4 Å². The number of carbonyl (C=O) groups excluding carboxylic acids is 1. The second-order valence-electron chi connectivity index (χ2n) is 4.25. The van der Waals surface area contributed by atoms with Gasteiger partial charge in [0.05, 0.1) is 17.4 Å². The van der Waals surface area contributed by atoms with Crippen LogP contribution in [0.1, 0.15) is 10.4 Å². The van der Waals surface area contributed by atoms with E-state index < -0.39 is 5.82 Å². The summed E-state index contributed by atoms with van der Waals surface area (Å²) in [6, 6.07) is 9.50. The van der Waals surface area contributed by atoms with Crippen molar-refractivity contribution < 1.29 is 9.18 Å². The molecular weight excluding hydrogens is 325 g/mol. The molecule has 0 bridgehead atoms. The molecule has 20 heavy (non-hydrogen) atoms. The van der Waals surface area contributed by atoms with Gasteiger partial charge in [-0.25, -0.2) is 4.39 Å². The van der Waals surface area contributed by atoms with Crippen molar-refractivity contribution in [3.63, 3.8) is 0 Å². The summed E-state index contributed by atoms with van der Waals surface area (Å²) >= 11 is 3.16. The lowest BCUT2D eigenvalue weighted by Gasteiger charge is -2.07. The molecule has 3 rings (SSSR count). The van der Waals surface area contributed by atoms with E-state index in [0.717, 1.165) is 10.9 Å². The number of carbonyl (C=O) groups is 1. The Morgan fingerprint density at radius 3 is 2.95 bits per heavy atom. The van der Waals surface area contributed by atoms with Crippen LogP contribution in [0, 0.1) is 5.82 Å². The van der Waals surface area contributed by atoms with Gasteiger partial charge in [0.2, 0.25) is 0 Å². The van der Waals surface area contributed by atoms with Crippen LogP contribution >= 0.6 is 15.9 Å². The van der Waals surface area contributed by atoms with Crippen molar-refractivity contribution in [3.8, 4) is 0 Å². The predicted molar refractivity (Wildman–Crippen MR) is 78.1 cm³/mol. The van der Waals surface area contributed by atoms with Gasteiger partial charge in [-0.15, -0.1) is 0 Å². The van der Waals surface area contributed by atoms with Gasteiger partial charge >= 0.3 is 0 Å². The summed E-state index contributed by atoms with van der Waals surface area (Å²) in [5.41, 5.74) is 1.58. The number of aromatic amines is 1. The van der Waals surface area contributed by atoms with E-state index >= 15 is 0 Å². The summed E-state index contributed by atoms with van der Waals surface area (Å²) in [6.45, 7) is 0. The number of H-pyrrole nitrogens is 1. The van der Waals surface area contributed by atoms with Crippen LogP contribution in [-0.2, 0) is 0 Å². The number of anilines is 1. The normalized spacial score (nSPS) is 10.7. The molecule has 0 unspecified atom stereocenters. The van der Waals surface area contributed by atoms with Crippen LogP contribution in [0.25, 0.3) is 10.9 Å². The fourth-order valence-corrected chi connectivity index (χ4v) is 2.42. The van der Waals surface area contributed by atoms with Gasteiger partial charge < -0.3 is 5.32 Å². The number of aromatic nitrogens is 2. The lowest BCUT2D eigenvalue weighted by Crippen LogP contribution is -2.12. The maximum Gasteiger partial charge on any atom is 0.255 e. The highest BCUT2D eigenvalue weighted by molar-refractivity contribution is 9.10. The minimum atomic E-state index is -0.468. The average Bonchev–Trinajstić information content (AvgIpc) is 2.87. The molecular formula is C14H9BrFN3O. The van der Waals surface area contributed by atoms with Crippen LogP contribution in [-0.4, -0.2) is 16.1 Å². The molecule has 3 aromatic rings. The van der Waals surface area contributed by atoms with Crippen LogP contribution in [0.5, 0.6) is 0 Å². The largest absolute Gasteiger partial charge is 0.320 e. The number of amides is 1. The first-order valence-electron chi connectivity index (χ1n) is 5.83. The SMILES string of the molecule is O=C(Nc1cccc2cn[nH]c12)c1cc(F)cc(Br)c1. The second kappa shape index (κ2) is 5.05. The fourth-order valence-electron chi connectivity index (χ4n) is 1.95. The van der Waals surface area contributed by atoms with E-state index in [0.29, 0.717) is 10.2 Å². The molecule has 4 nitrogen and oxygen atoms in total. The molecule has 0 aliphatic carbocycles. The average molecular weight is 334 g/mol. The molecule has 0 atom stereocenters. The Hall–Kier alpha value is -2.21. The fraction of sp³-hybridized carbons (Fsp3) is 0. The molecule has 1 heterocycles. The number of fused-ring (bicyclic) bond motifs is 1. The molecule has 0 radical (unpaired) electrons. The third kappa shape index (κ3) is 2.42. The lowest BCUT2D eigenvalue weighted by molar-refractivity contribution is 0.102. The van der Waals surface area contributed by atoms with Gasteiger partial charge in [-0.05, 0) is 24.3 Å². The summed E-state index contributed by atoms with van der Waals surface area (Å²) < 4.78 is 13.8. The highest BCUT2D eigenvalue weighted by Gasteiger charge is 2.11. The van der Waals surface area contributed by atoms with Crippen LogP contribution in [0.4, 0.5) is 10.1 Å². The monoisotopic (exact) mass is 333 g/mol. The van der Waals surface area contributed by atoms with Crippen molar-refractivity contribution in [2.75, 3.05) is 5.32 Å². The topological polar surface area (TPSA) is 57.8 Å². The van der Waals surface area contributed by atoms with Gasteiger partial charge in [-0.2, -0.15) is 5.10 Å². The van der Waals surface area contributed by atoms with E-state index in [-0.39, 0.29) is 11.5 Å². The highest BCUT2D eigenvalue weighted by Crippen LogP contribution is 2.22. The summed E-state index contributed by atoms with van der Waals surface area (Å²) in [5.74, 6) is -0.850. The van der Waals surface area contributed by atoms with Gasteiger partial charge in [-0.1, -0.05) is 28.1 Å². The standard InChI is InChI=1S/C14H9BrFN3O/c15-10-4-9(5-11(16)6-10)14(20)18-12-3-1-2-8-7-17-19-13(8)12/h1-7H,(H,17,19)(H,18,20). The first kappa shape index (κ1) is 12.8. The van der Waals surface area contributed by atoms with Crippen molar-refractivity contribution in [1.82, 2.24) is 10.2 Å². The van der Waals surface area contributed by atoms with E-state index in [1.165, 1.54) is 12.1 Å².